The smallest absolute Gasteiger partial charge is 0.247 e. The van der Waals surface area contributed by atoms with Crippen molar-refractivity contribution in [3.05, 3.63) is 77.9 Å². The van der Waals surface area contributed by atoms with E-state index in [1.807, 2.05) is 0 Å². The summed E-state index contributed by atoms with van der Waals surface area (Å²) in [4.78, 5) is 22.1. The zero-order valence-corrected chi connectivity index (χ0v) is 34.1. The number of nitrogens with zero attached hydrogens (tertiary/aromatic N) is 2. The molecule has 6 heteroatoms. The first-order valence-electron chi connectivity index (χ1n) is 21.2. The van der Waals surface area contributed by atoms with Crippen molar-refractivity contribution in [3.63, 3.8) is 0 Å². The Morgan fingerprint density at radius 1 is 0.750 bits per heavy atom. The molecule has 0 spiro atoms. The SMILES string of the molecule is CCCC[P+](CCCC)(CCCC)Cc1ccc(NC(=O)[C@H](Cc2ccc3ccccc3c2)N(C)C(=NC2CCCCC2)NC2CCCCC2)cc1. The number of carbonyl (C=O) groups excluding carboxylic acids is 1. The number of aliphatic imine (C=N–C) groups is 1. The summed E-state index contributed by atoms with van der Waals surface area (Å²) in [6.07, 6.45) is 26.2. The first kappa shape index (κ1) is 40.3. The predicted octanol–water partition coefficient (Wildman–Crippen LogP) is 11.9. The lowest BCUT2D eigenvalue weighted by atomic mass is 9.95. The molecule has 2 aliphatic rings. The predicted molar refractivity (Wildman–Crippen MR) is 229 cm³/mol. The number of unbranched alkanes of at least 4 members (excludes halogenated alkanes) is 3. The van der Waals surface area contributed by atoms with E-state index in [0.29, 0.717) is 18.5 Å². The van der Waals surface area contributed by atoms with E-state index in [-0.39, 0.29) is 5.91 Å². The van der Waals surface area contributed by atoms with E-state index in [1.165, 1.54) is 136 Å². The Balaban J connectivity index is 1.39. The highest BCUT2D eigenvalue weighted by molar-refractivity contribution is 7.75. The molecule has 5 rings (SSSR count). The van der Waals surface area contributed by atoms with Gasteiger partial charge in [0.2, 0.25) is 5.91 Å². The number of guanidine groups is 1. The molecule has 2 fully saturated rings. The molecule has 3 aromatic carbocycles. The molecule has 1 amide bonds. The highest BCUT2D eigenvalue weighted by atomic mass is 31.2. The molecule has 0 aliphatic heterocycles. The molecule has 5 nitrogen and oxygen atoms in total. The molecular weight excluding hydrogens is 656 g/mol. The quantitative estimate of drug-likeness (QED) is 0.0780. The second-order valence-corrected chi connectivity index (χ2v) is 20.5. The standard InChI is InChI=1S/C46H69N4OP/c1-5-8-31-52(32-9-6-2,33-10-7-3)36-37-26-29-43(30-27-37)47-45(51)44(35-38-25-28-39-19-17-18-20-40(39)34-38)50(4)46(48-41-21-13-11-14-22-41)49-42-23-15-12-16-24-42/h17-20,25-30,34,41-42,44H,5-16,21-24,31-33,35-36H2,1-4H3,(H-,47,48,49,51)/p+1/t44-/m0/s1. The van der Waals surface area contributed by atoms with E-state index in [1.54, 1.807) is 0 Å². The highest BCUT2D eigenvalue weighted by Crippen LogP contribution is 2.63. The lowest BCUT2D eigenvalue weighted by Crippen LogP contribution is -2.53. The zero-order chi connectivity index (χ0) is 36.6. The summed E-state index contributed by atoms with van der Waals surface area (Å²) in [7, 11) is 1.04. The van der Waals surface area contributed by atoms with Crippen molar-refractivity contribution in [2.24, 2.45) is 4.99 Å². The molecule has 0 unspecified atom stereocenters. The number of likely N-dealkylation sites (N-methyl/N-ethyl adjacent to an activating group) is 1. The van der Waals surface area contributed by atoms with Crippen molar-refractivity contribution in [1.82, 2.24) is 10.2 Å². The molecule has 0 aromatic heterocycles. The van der Waals surface area contributed by atoms with Gasteiger partial charge >= 0.3 is 0 Å². The Hall–Kier alpha value is -2.91. The minimum atomic E-state index is -1.05. The number of carbonyl (C=O) groups is 1. The molecule has 0 heterocycles. The summed E-state index contributed by atoms with van der Waals surface area (Å²) < 4.78 is 0. The Bertz CT molecular complexity index is 1500. The van der Waals surface area contributed by atoms with Crippen LogP contribution in [0.5, 0.6) is 0 Å². The summed E-state index contributed by atoms with van der Waals surface area (Å²) in [6, 6.07) is 24.4. The number of benzene rings is 3. The van der Waals surface area contributed by atoms with Gasteiger partial charge in [0.15, 0.2) is 5.96 Å². The van der Waals surface area contributed by atoms with Gasteiger partial charge in [-0.2, -0.15) is 0 Å². The number of fused-ring (bicyclic) bond motifs is 1. The fourth-order valence-corrected chi connectivity index (χ4v) is 13.6. The second-order valence-electron chi connectivity index (χ2n) is 16.2. The van der Waals surface area contributed by atoms with Crippen LogP contribution in [-0.2, 0) is 17.4 Å². The number of hydrogen-bond acceptors (Lipinski definition) is 2. The summed E-state index contributed by atoms with van der Waals surface area (Å²) in [5.74, 6) is 0.933. The van der Waals surface area contributed by atoms with Crippen LogP contribution in [0, 0.1) is 0 Å². The van der Waals surface area contributed by atoms with E-state index < -0.39 is 13.3 Å². The first-order valence-corrected chi connectivity index (χ1v) is 23.7. The van der Waals surface area contributed by atoms with Crippen molar-refractivity contribution in [1.29, 1.82) is 0 Å². The highest BCUT2D eigenvalue weighted by Gasteiger charge is 2.36. The molecule has 2 saturated carbocycles. The van der Waals surface area contributed by atoms with Gasteiger partial charge in [-0.15, -0.1) is 0 Å². The molecule has 3 aromatic rings. The summed E-state index contributed by atoms with van der Waals surface area (Å²) in [5, 5.41) is 9.71. The molecule has 1 atom stereocenters. The fourth-order valence-electron chi connectivity index (χ4n) is 8.54. The maximum Gasteiger partial charge on any atom is 0.247 e. The van der Waals surface area contributed by atoms with E-state index in [9.17, 15) is 4.79 Å². The lowest BCUT2D eigenvalue weighted by Gasteiger charge is -2.35. The van der Waals surface area contributed by atoms with Crippen LogP contribution in [0.25, 0.3) is 10.8 Å². The van der Waals surface area contributed by atoms with Crippen molar-refractivity contribution in [2.45, 2.75) is 154 Å². The van der Waals surface area contributed by atoms with Crippen LogP contribution < -0.4 is 10.6 Å². The molecule has 2 aliphatic carbocycles. The van der Waals surface area contributed by atoms with E-state index >= 15 is 0 Å². The van der Waals surface area contributed by atoms with Gasteiger partial charge in [-0.25, -0.2) is 4.99 Å². The molecule has 2 N–H and O–H groups in total. The van der Waals surface area contributed by atoms with Gasteiger partial charge in [0.25, 0.3) is 0 Å². The van der Waals surface area contributed by atoms with E-state index in [0.717, 1.165) is 24.5 Å². The van der Waals surface area contributed by atoms with E-state index in [2.05, 4.69) is 110 Å². The molecule has 0 radical (unpaired) electrons. The van der Waals surface area contributed by atoms with Crippen LogP contribution in [0.1, 0.15) is 135 Å². The third-order valence-corrected chi connectivity index (χ3v) is 16.7. The van der Waals surface area contributed by atoms with Crippen LogP contribution in [-0.4, -0.2) is 60.4 Å². The van der Waals surface area contributed by atoms with Crippen molar-refractivity contribution < 1.29 is 4.79 Å². The Labute approximate surface area is 317 Å². The summed E-state index contributed by atoms with van der Waals surface area (Å²) in [5.41, 5.74) is 3.50. The van der Waals surface area contributed by atoms with Crippen molar-refractivity contribution in [3.8, 4) is 0 Å². The van der Waals surface area contributed by atoms with Gasteiger partial charge in [0.05, 0.1) is 30.7 Å². The molecular formula is C46H70N4OP+. The van der Waals surface area contributed by atoms with Gasteiger partial charge in [-0.1, -0.05) is 133 Å². The minimum absolute atomic E-state index is 0.0286. The van der Waals surface area contributed by atoms with Crippen LogP contribution in [0.3, 0.4) is 0 Å². The number of anilines is 1. The monoisotopic (exact) mass is 726 g/mol. The van der Waals surface area contributed by atoms with Crippen LogP contribution in [0.2, 0.25) is 0 Å². The molecule has 52 heavy (non-hydrogen) atoms. The Morgan fingerprint density at radius 2 is 1.33 bits per heavy atom. The van der Waals surface area contributed by atoms with Crippen LogP contribution in [0.4, 0.5) is 5.69 Å². The number of nitrogens with one attached hydrogen (secondary N) is 2. The summed E-state index contributed by atoms with van der Waals surface area (Å²) >= 11 is 0. The maximum atomic E-state index is 14.5. The normalized spacial score (nSPS) is 16.9. The zero-order valence-electron chi connectivity index (χ0n) is 33.2. The summed E-state index contributed by atoms with van der Waals surface area (Å²) in [6.45, 7) is 7.02. The van der Waals surface area contributed by atoms with Gasteiger partial charge in [0.1, 0.15) is 6.04 Å². The number of rotatable bonds is 18. The lowest BCUT2D eigenvalue weighted by molar-refractivity contribution is -0.119. The molecule has 0 saturated heterocycles. The third kappa shape index (κ3) is 12.1. The van der Waals surface area contributed by atoms with Gasteiger partial charge in [-0.05, 0) is 79.0 Å². The second kappa shape index (κ2) is 21.1. The Morgan fingerprint density at radius 3 is 1.94 bits per heavy atom. The molecule has 0 bridgehead atoms. The first-order chi connectivity index (χ1) is 25.4. The van der Waals surface area contributed by atoms with Gasteiger partial charge < -0.3 is 15.5 Å². The minimum Gasteiger partial charge on any atom is -0.353 e. The largest absolute Gasteiger partial charge is 0.353 e. The average Bonchev–Trinajstić information content (AvgIpc) is 3.18. The van der Waals surface area contributed by atoms with E-state index in [4.69, 9.17) is 4.99 Å². The Kier molecular flexibility index (Phi) is 16.3. The topological polar surface area (TPSA) is 56.7 Å². The number of hydrogen-bond donors (Lipinski definition) is 2. The average molecular weight is 726 g/mol. The van der Waals surface area contributed by atoms with Crippen LogP contribution >= 0.6 is 7.26 Å². The van der Waals surface area contributed by atoms with Crippen LogP contribution in [0.15, 0.2) is 71.7 Å². The van der Waals surface area contributed by atoms with Crippen molar-refractivity contribution in [2.75, 3.05) is 30.9 Å². The molecule has 284 valence electrons. The van der Waals surface area contributed by atoms with Gasteiger partial charge in [-0.3, -0.25) is 4.79 Å². The van der Waals surface area contributed by atoms with Crippen molar-refractivity contribution >= 4 is 35.6 Å². The number of amides is 1. The van der Waals surface area contributed by atoms with Gasteiger partial charge in [0, 0.05) is 32.5 Å². The third-order valence-electron chi connectivity index (χ3n) is 11.9. The maximum absolute atomic E-state index is 14.5. The fraction of sp³-hybridized carbons (Fsp3) is 0.609.